The van der Waals surface area contributed by atoms with Crippen molar-refractivity contribution in [2.75, 3.05) is 31.6 Å². The number of hydrogen-bond donors (Lipinski definition) is 1. The van der Waals surface area contributed by atoms with E-state index in [0.717, 1.165) is 62.3 Å². The summed E-state index contributed by atoms with van der Waals surface area (Å²) in [6.45, 7) is 10.1. The number of carbonyl (C=O) groups is 1. The third kappa shape index (κ3) is 5.42. The quantitative estimate of drug-likeness (QED) is 0.591. The van der Waals surface area contributed by atoms with Crippen molar-refractivity contribution in [2.45, 2.75) is 58.3 Å². The Bertz CT molecular complexity index is 806. The molecular weight excluding hydrogens is 372 g/mol. The van der Waals surface area contributed by atoms with Crippen LogP contribution in [0.5, 0.6) is 5.75 Å². The molecule has 1 amide bonds. The van der Waals surface area contributed by atoms with Crippen molar-refractivity contribution >= 4 is 11.6 Å². The maximum atomic E-state index is 13.5. The van der Waals surface area contributed by atoms with E-state index in [-0.39, 0.29) is 5.91 Å². The van der Waals surface area contributed by atoms with Crippen molar-refractivity contribution in [2.24, 2.45) is 0 Å². The van der Waals surface area contributed by atoms with Gasteiger partial charge in [-0.2, -0.15) is 0 Å². The molecule has 1 aliphatic carbocycles. The summed E-state index contributed by atoms with van der Waals surface area (Å²) in [5, 5.41) is 3.19. The van der Waals surface area contributed by atoms with Crippen molar-refractivity contribution < 1.29 is 9.53 Å². The Morgan fingerprint density at radius 2 is 1.73 bits per heavy atom. The fourth-order valence-corrected chi connectivity index (χ4v) is 4.46. The van der Waals surface area contributed by atoms with Gasteiger partial charge in [0, 0.05) is 12.2 Å². The summed E-state index contributed by atoms with van der Waals surface area (Å²) in [4.78, 5) is 15.8. The van der Waals surface area contributed by atoms with Crippen molar-refractivity contribution in [3.05, 3.63) is 59.7 Å². The number of benzene rings is 2. The van der Waals surface area contributed by atoms with Gasteiger partial charge in [-0.25, -0.2) is 0 Å². The number of rotatable bonds is 9. The molecule has 30 heavy (non-hydrogen) atoms. The van der Waals surface area contributed by atoms with Gasteiger partial charge in [-0.1, -0.05) is 62.9 Å². The Morgan fingerprint density at radius 1 is 1.03 bits per heavy atom. The second kappa shape index (κ2) is 10.6. The van der Waals surface area contributed by atoms with Crippen LogP contribution in [-0.4, -0.2) is 37.0 Å². The number of nitrogens with zero attached hydrogens (tertiary/aromatic N) is 1. The molecule has 0 aliphatic heterocycles. The van der Waals surface area contributed by atoms with Gasteiger partial charge in [-0.05, 0) is 62.7 Å². The first-order valence-corrected chi connectivity index (χ1v) is 11.4. The highest BCUT2D eigenvalue weighted by atomic mass is 16.5. The third-order valence-corrected chi connectivity index (χ3v) is 6.40. The van der Waals surface area contributed by atoms with Gasteiger partial charge in [0.05, 0.1) is 5.41 Å². The highest BCUT2D eigenvalue weighted by molar-refractivity contribution is 5.99. The number of hydrogen-bond acceptors (Lipinski definition) is 3. The first-order valence-electron chi connectivity index (χ1n) is 11.4. The SMILES string of the molecule is CCN(CC)CCOc1ccc(NC(=O)C2(c3cccc(C)c3)CCCCC2)cc1. The van der Waals surface area contributed by atoms with Gasteiger partial charge in [0.1, 0.15) is 12.4 Å². The van der Waals surface area contributed by atoms with E-state index in [9.17, 15) is 4.79 Å². The average Bonchev–Trinajstić information content (AvgIpc) is 2.78. The van der Waals surface area contributed by atoms with E-state index in [0.29, 0.717) is 6.61 Å². The number of aryl methyl sites for hydroxylation is 1. The van der Waals surface area contributed by atoms with Crippen LogP contribution in [0.1, 0.15) is 57.1 Å². The van der Waals surface area contributed by atoms with Crippen LogP contribution in [-0.2, 0) is 10.2 Å². The lowest BCUT2D eigenvalue weighted by Crippen LogP contribution is -2.42. The summed E-state index contributed by atoms with van der Waals surface area (Å²) in [6, 6.07) is 16.2. The van der Waals surface area contributed by atoms with Crippen LogP contribution in [0.2, 0.25) is 0 Å². The lowest BCUT2D eigenvalue weighted by Gasteiger charge is -2.36. The van der Waals surface area contributed by atoms with Gasteiger partial charge in [-0.3, -0.25) is 4.79 Å². The van der Waals surface area contributed by atoms with Gasteiger partial charge in [0.15, 0.2) is 0 Å². The Kier molecular flexibility index (Phi) is 7.92. The van der Waals surface area contributed by atoms with Crippen LogP contribution in [0.15, 0.2) is 48.5 Å². The normalized spacial score (nSPS) is 15.7. The first-order chi connectivity index (χ1) is 14.6. The molecule has 2 aromatic rings. The fraction of sp³-hybridized carbons (Fsp3) is 0.500. The van der Waals surface area contributed by atoms with Crippen LogP contribution in [0, 0.1) is 6.92 Å². The van der Waals surface area contributed by atoms with E-state index < -0.39 is 5.41 Å². The van der Waals surface area contributed by atoms with E-state index >= 15 is 0 Å². The third-order valence-electron chi connectivity index (χ3n) is 6.40. The van der Waals surface area contributed by atoms with E-state index in [4.69, 9.17) is 4.74 Å². The van der Waals surface area contributed by atoms with Gasteiger partial charge in [-0.15, -0.1) is 0 Å². The monoisotopic (exact) mass is 408 g/mol. The van der Waals surface area contributed by atoms with Crippen LogP contribution < -0.4 is 10.1 Å². The Labute approximate surface area is 181 Å². The minimum Gasteiger partial charge on any atom is -0.492 e. The van der Waals surface area contributed by atoms with E-state index in [1.165, 1.54) is 12.0 Å². The first kappa shape index (κ1) is 22.4. The minimum absolute atomic E-state index is 0.114. The van der Waals surface area contributed by atoms with Crippen molar-refractivity contribution in [1.82, 2.24) is 4.90 Å². The second-order valence-electron chi connectivity index (χ2n) is 8.37. The zero-order valence-corrected chi connectivity index (χ0v) is 18.7. The molecule has 0 bridgehead atoms. The van der Waals surface area contributed by atoms with Crippen molar-refractivity contribution in [1.29, 1.82) is 0 Å². The predicted octanol–water partition coefficient (Wildman–Crippen LogP) is 5.56. The number of anilines is 1. The van der Waals surface area contributed by atoms with Crippen molar-refractivity contribution in [3.63, 3.8) is 0 Å². The highest BCUT2D eigenvalue weighted by Gasteiger charge is 2.41. The fourth-order valence-electron chi connectivity index (χ4n) is 4.46. The topological polar surface area (TPSA) is 41.6 Å². The molecule has 4 nitrogen and oxygen atoms in total. The summed E-state index contributed by atoms with van der Waals surface area (Å²) in [7, 11) is 0. The molecule has 0 heterocycles. The number of amides is 1. The van der Waals surface area contributed by atoms with E-state index in [2.05, 4.69) is 55.3 Å². The lowest BCUT2D eigenvalue weighted by atomic mass is 9.68. The van der Waals surface area contributed by atoms with Gasteiger partial charge < -0.3 is 15.0 Å². The molecule has 1 fully saturated rings. The number of carbonyl (C=O) groups excluding carboxylic acids is 1. The minimum atomic E-state index is -0.427. The van der Waals surface area contributed by atoms with Crippen molar-refractivity contribution in [3.8, 4) is 5.75 Å². The molecule has 2 aromatic carbocycles. The summed E-state index contributed by atoms with van der Waals surface area (Å²) in [5.41, 5.74) is 2.75. The molecule has 0 radical (unpaired) electrons. The standard InChI is InChI=1S/C26H36N2O2/c1-4-28(5-2)18-19-30-24-14-12-23(13-15-24)27-25(29)26(16-7-6-8-17-26)22-11-9-10-21(3)20-22/h9-15,20H,4-8,16-19H2,1-3H3,(H,27,29). The van der Waals surface area contributed by atoms with Crippen LogP contribution in [0.3, 0.4) is 0 Å². The van der Waals surface area contributed by atoms with Crippen LogP contribution >= 0.6 is 0 Å². The zero-order chi connectivity index (χ0) is 21.4. The molecule has 1 N–H and O–H groups in total. The van der Waals surface area contributed by atoms with E-state index in [1.807, 2.05) is 24.3 Å². The summed E-state index contributed by atoms with van der Waals surface area (Å²) in [6.07, 6.45) is 5.23. The molecule has 162 valence electrons. The molecule has 0 atom stereocenters. The molecule has 0 spiro atoms. The predicted molar refractivity (Wildman–Crippen MR) is 124 cm³/mol. The molecule has 3 rings (SSSR count). The smallest absolute Gasteiger partial charge is 0.235 e. The summed E-state index contributed by atoms with van der Waals surface area (Å²) < 4.78 is 5.86. The number of ether oxygens (including phenoxy) is 1. The van der Waals surface area contributed by atoms with Crippen LogP contribution in [0.4, 0.5) is 5.69 Å². The molecule has 1 saturated carbocycles. The lowest BCUT2D eigenvalue weighted by molar-refractivity contribution is -0.122. The molecular formula is C26H36N2O2. The maximum Gasteiger partial charge on any atom is 0.235 e. The van der Waals surface area contributed by atoms with Gasteiger partial charge in [0.2, 0.25) is 5.91 Å². The van der Waals surface area contributed by atoms with Gasteiger partial charge >= 0.3 is 0 Å². The summed E-state index contributed by atoms with van der Waals surface area (Å²) in [5.74, 6) is 0.953. The molecule has 0 unspecified atom stereocenters. The zero-order valence-electron chi connectivity index (χ0n) is 18.7. The highest BCUT2D eigenvalue weighted by Crippen LogP contribution is 2.40. The Balaban J connectivity index is 1.66. The summed E-state index contributed by atoms with van der Waals surface area (Å²) >= 11 is 0. The average molecular weight is 409 g/mol. The second-order valence-corrected chi connectivity index (χ2v) is 8.37. The van der Waals surface area contributed by atoms with Gasteiger partial charge in [0.25, 0.3) is 0 Å². The number of likely N-dealkylation sites (N-methyl/N-ethyl adjacent to an activating group) is 1. The largest absolute Gasteiger partial charge is 0.492 e. The molecule has 0 aromatic heterocycles. The molecule has 1 aliphatic rings. The van der Waals surface area contributed by atoms with Crippen LogP contribution in [0.25, 0.3) is 0 Å². The Hall–Kier alpha value is -2.33. The van der Waals surface area contributed by atoms with E-state index in [1.54, 1.807) is 0 Å². The Morgan fingerprint density at radius 3 is 2.37 bits per heavy atom. The molecule has 0 saturated heterocycles. The maximum absolute atomic E-state index is 13.5. The number of nitrogens with one attached hydrogen (secondary N) is 1. The molecule has 4 heteroatoms.